The third-order valence-electron chi connectivity index (χ3n) is 7.10. The van der Waals surface area contributed by atoms with Crippen molar-refractivity contribution in [3.63, 3.8) is 0 Å². The maximum absolute atomic E-state index is 13.3. The van der Waals surface area contributed by atoms with Crippen molar-refractivity contribution in [1.29, 1.82) is 0 Å². The first kappa shape index (κ1) is 29.3. The van der Waals surface area contributed by atoms with Gasteiger partial charge in [-0.3, -0.25) is 14.1 Å². The quantitative estimate of drug-likeness (QED) is 0.168. The molecule has 2 amide bonds. The highest BCUT2D eigenvalue weighted by Crippen LogP contribution is 2.42. The number of aromatic hydroxyl groups is 1. The number of hydrogen-bond donors (Lipinski definition) is 3. The smallest absolute Gasteiger partial charge is 0.294 e. The Morgan fingerprint density at radius 2 is 1.36 bits per heavy atom. The highest BCUT2D eigenvalue weighted by Gasteiger charge is 2.36. The number of aliphatic imine (C=N–C) groups is 1. The molecule has 0 bridgehead atoms. The van der Waals surface area contributed by atoms with Crippen molar-refractivity contribution >= 4 is 56.5 Å². The molecule has 5 aromatic rings. The van der Waals surface area contributed by atoms with E-state index in [4.69, 9.17) is 27.8 Å². The number of benzene rings is 4. The van der Waals surface area contributed by atoms with E-state index in [1.54, 1.807) is 77.4 Å². The van der Waals surface area contributed by atoms with Gasteiger partial charge in [-0.2, -0.15) is 8.42 Å². The number of halogens is 2. The van der Waals surface area contributed by atoms with Gasteiger partial charge in [-0.1, -0.05) is 59.6 Å². The number of carbonyl (C=O) groups excluding carboxylic acids is 2. The zero-order valence-electron chi connectivity index (χ0n) is 22.5. The van der Waals surface area contributed by atoms with Crippen LogP contribution < -0.4 is 5.32 Å². The predicted molar refractivity (Wildman–Crippen MR) is 168 cm³/mol. The van der Waals surface area contributed by atoms with Crippen molar-refractivity contribution < 1.29 is 27.7 Å². The number of rotatable bonds is 7. The summed E-state index contributed by atoms with van der Waals surface area (Å²) < 4.78 is 33.3. The lowest BCUT2D eigenvalue weighted by atomic mass is 10.0. The van der Waals surface area contributed by atoms with Gasteiger partial charge in [0.25, 0.3) is 21.9 Å². The van der Waals surface area contributed by atoms with Crippen LogP contribution in [0.1, 0.15) is 37.4 Å². The number of carbonyl (C=O) groups is 2. The van der Waals surface area contributed by atoms with Gasteiger partial charge in [-0.15, -0.1) is 0 Å². The Kier molecular flexibility index (Phi) is 7.60. The van der Waals surface area contributed by atoms with Crippen LogP contribution in [0.2, 0.25) is 10.0 Å². The number of aromatic nitrogens is 1. The van der Waals surface area contributed by atoms with E-state index in [0.29, 0.717) is 49.4 Å². The lowest BCUT2D eigenvalue weighted by molar-refractivity contribution is 0.100. The first-order chi connectivity index (χ1) is 21.0. The molecule has 220 valence electrons. The zero-order chi connectivity index (χ0) is 31.2. The number of nitrogens with zero attached hydrogens (tertiary/aromatic N) is 2. The predicted octanol–water partition coefficient (Wildman–Crippen LogP) is 6.71. The fraction of sp³-hybridized carbons (Fsp3) is 0.0312. The second-order valence-electron chi connectivity index (χ2n) is 9.94. The van der Waals surface area contributed by atoms with Gasteiger partial charge in [0.05, 0.1) is 34.0 Å². The summed E-state index contributed by atoms with van der Waals surface area (Å²) in [5.41, 5.74) is 4.08. The van der Waals surface area contributed by atoms with Crippen LogP contribution in [0.3, 0.4) is 0 Å². The van der Waals surface area contributed by atoms with Crippen LogP contribution >= 0.6 is 23.2 Å². The second kappa shape index (κ2) is 11.4. The van der Waals surface area contributed by atoms with Crippen molar-refractivity contribution in [2.24, 2.45) is 4.99 Å². The van der Waals surface area contributed by atoms with Gasteiger partial charge in [0.1, 0.15) is 0 Å². The normalized spacial score (nSPS) is 12.6. The Morgan fingerprint density at radius 1 is 0.795 bits per heavy atom. The van der Waals surface area contributed by atoms with Crippen molar-refractivity contribution in [1.82, 2.24) is 4.57 Å². The molecule has 0 unspecified atom stereocenters. The van der Waals surface area contributed by atoms with Gasteiger partial charge < -0.3 is 15.0 Å². The summed E-state index contributed by atoms with van der Waals surface area (Å²) in [6, 6.07) is 25.5. The standard InChI is InChI=1S/C32H21Cl2N3O6S/c33-22-9-5-19(6-10-22)28-26-27(31(39)36-28)29(20-7-11-23(34)12-8-20)37(32(26)40)17-18-1-3-21(4-2-18)30(38)35-24-13-15-25(16-14-24)44(41,42)43/h1-16,40H,17H2,(H,35,38)(H,41,42,43). The average molecular weight is 647 g/mol. The van der Waals surface area contributed by atoms with E-state index < -0.39 is 21.9 Å². The Bertz CT molecular complexity index is 2070. The molecular formula is C32H21Cl2N3O6S. The summed E-state index contributed by atoms with van der Waals surface area (Å²) in [6.07, 6.45) is 0. The zero-order valence-corrected chi connectivity index (χ0v) is 24.9. The summed E-state index contributed by atoms with van der Waals surface area (Å²) in [6.45, 7) is 0.164. The van der Waals surface area contributed by atoms with E-state index in [0.717, 1.165) is 5.56 Å². The minimum atomic E-state index is -4.35. The van der Waals surface area contributed by atoms with E-state index in [1.165, 1.54) is 24.3 Å². The number of amides is 2. The molecule has 12 heteroatoms. The minimum Gasteiger partial charge on any atom is -0.494 e. The van der Waals surface area contributed by atoms with Crippen molar-refractivity contribution in [3.05, 3.63) is 135 Å². The molecule has 0 fully saturated rings. The average Bonchev–Trinajstić information content (AvgIpc) is 3.48. The number of fused-ring (bicyclic) bond motifs is 1. The summed E-state index contributed by atoms with van der Waals surface area (Å²) in [5, 5.41) is 15.3. The molecule has 1 aliphatic rings. The van der Waals surface area contributed by atoms with Gasteiger partial charge in [0.2, 0.25) is 5.88 Å². The third-order valence-corrected chi connectivity index (χ3v) is 8.47. The molecule has 44 heavy (non-hydrogen) atoms. The highest BCUT2D eigenvalue weighted by atomic mass is 35.5. The maximum atomic E-state index is 13.3. The third kappa shape index (κ3) is 5.63. The van der Waals surface area contributed by atoms with Crippen LogP contribution in [-0.4, -0.2) is 40.2 Å². The summed E-state index contributed by atoms with van der Waals surface area (Å²) in [5.74, 6) is -1.06. The van der Waals surface area contributed by atoms with Crippen LogP contribution in [0.4, 0.5) is 5.69 Å². The Morgan fingerprint density at radius 3 is 1.93 bits per heavy atom. The minimum absolute atomic E-state index is 0.139. The van der Waals surface area contributed by atoms with Gasteiger partial charge >= 0.3 is 0 Å². The molecule has 0 radical (unpaired) electrons. The van der Waals surface area contributed by atoms with Gasteiger partial charge in [-0.05, 0) is 71.8 Å². The van der Waals surface area contributed by atoms with Crippen LogP contribution in [0.25, 0.3) is 11.3 Å². The summed E-state index contributed by atoms with van der Waals surface area (Å²) in [4.78, 5) is 30.1. The molecule has 2 heterocycles. The summed E-state index contributed by atoms with van der Waals surface area (Å²) in [7, 11) is -4.35. The molecule has 6 rings (SSSR count). The lowest BCUT2D eigenvalue weighted by Gasteiger charge is -2.13. The van der Waals surface area contributed by atoms with Crippen molar-refractivity contribution in [3.8, 4) is 17.1 Å². The SMILES string of the molecule is O=C(Nc1ccc(S(=O)(=O)O)cc1)c1ccc(Cn2c(O)c3c(c2-c2ccc(Cl)cc2)C(=O)N=C3c2ccc(Cl)cc2)cc1. The van der Waals surface area contributed by atoms with Gasteiger partial charge in [-0.25, -0.2) is 4.99 Å². The number of anilines is 1. The molecule has 0 saturated carbocycles. The maximum Gasteiger partial charge on any atom is 0.294 e. The first-order valence-corrected chi connectivity index (χ1v) is 15.3. The molecule has 1 aromatic heterocycles. The summed E-state index contributed by atoms with van der Waals surface area (Å²) >= 11 is 12.2. The van der Waals surface area contributed by atoms with E-state index in [-0.39, 0.29) is 22.9 Å². The van der Waals surface area contributed by atoms with Gasteiger partial charge in [0.15, 0.2) is 0 Å². The Balaban J connectivity index is 1.32. The number of nitrogens with one attached hydrogen (secondary N) is 1. The molecule has 3 N–H and O–H groups in total. The van der Waals surface area contributed by atoms with Crippen LogP contribution in [0, 0.1) is 0 Å². The second-order valence-corrected chi connectivity index (χ2v) is 12.2. The molecule has 1 aliphatic heterocycles. The van der Waals surface area contributed by atoms with E-state index >= 15 is 0 Å². The molecule has 0 saturated heterocycles. The molecule has 9 nitrogen and oxygen atoms in total. The Labute approximate surface area is 261 Å². The van der Waals surface area contributed by atoms with E-state index in [2.05, 4.69) is 10.3 Å². The van der Waals surface area contributed by atoms with Gasteiger partial charge in [0, 0.05) is 26.9 Å². The largest absolute Gasteiger partial charge is 0.494 e. The van der Waals surface area contributed by atoms with Crippen LogP contribution in [-0.2, 0) is 16.7 Å². The van der Waals surface area contributed by atoms with Crippen molar-refractivity contribution in [2.75, 3.05) is 5.32 Å². The van der Waals surface area contributed by atoms with E-state index in [9.17, 15) is 23.1 Å². The molecule has 0 atom stereocenters. The molecule has 0 aliphatic carbocycles. The number of hydrogen-bond acceptors (Lipinski definition) is 5. The fourth-order valence-corrected chi connectivity index (χ4v) is 5.72. The lowest BCUT2D eigenvalue weighted by Crippen LogP contribution is -2.12. The molecular weight excluding hydrogens is 625 g/mol. The van der Waals surface area contributed by atoms with Crippen LogP contribution in [0.5, 0.6) is 5.88 Å². The monoisotopic (exact) mass is 645 g/mol. The Hall–Kier alpha value is -4.74. The highest BCUT2D eigenvalue weighted by molar-refractivity contribution is 7.85. The van der Waals surface area contributed by atoms with Crippen LogP contribution in [0.15, 0.2) is 107 Å². The van der Waals surface area contributed by atoms with Crippen molar-refractivity contribution in [2.45, 2.75) is 11.4 Å². The molecule has 0 spiro atoms. The first-order valence-electron chi connectivity index (χ1n) is 13.1. The fourth-order valence-electron chi connectivity index (χ4n) is 4.99. The molecule has 4 aromatic carbocycles. The topological polar surface area (TPSA) is 138 Å². The van der Waals surface area contributed by atoms with E-state index in [1.807, 2.05) is 0 Å².